The number of nitrogens with zero attached hydrogens (tertiary/aromatic N) is 2. The number of aromatic nitrogens is 2. The van der Waals surface area contributed by atoms with Gasteiger partial charge >= 0.3 is 0 Å². The van der Waals surface area contributed by atoms with Gasteiger partial charge in [-0.15, -0.1) is 0 Å². The number of halogens is 1. The summed E-state index contributed by atoms with van der Waals surface area (Å²) in [6.07, 6.45) is 0. The zero-order chi connectivity index (χ0) is 20.1. The van der Waals surface area contributed by atoms with E-state index in [9.17, 15) is 4.79 Å². The van der Waals surface area contributed by atoms with E-state index < -0.39 is 0 Å². The molecule has 0 saturated heterocycles. The van der Waals surface area contributed by atoms with Gasteiger partial charge in [-0.1, -0.05) is 35.9 Å². The molecule has 2 aromatic carbocycles. The highest BCUT2D eigenvalue weighted by Crippen LogP contribution is 2.24. The molecule has 0 aliphatic rings. The first-order valence-corrected chi connectivity index (χ1v) is 9.13. The summed E-state index contributed by atoms with van der Waals surface area (Å²) in [6, 6.07) is 14.7. The zero-order valence-electron chi connectivity index (χ0n) is 15.9. The lowest BCUT2D eigenvalue weighted by Crippen LogP contribution is -2.24. The molecule has 0 spiro atoms. The smallest absolute Gasteiger partial charge is 0.270 e. The van der Waals surface area contributed by atoms with Crippen molar-refractivity contribution < 1.29 is 9.53 Å². The molecule has 1 aromatic heterocycles. The van der Waals surface area contributed by atoms with Gasteiger partial charge in [-0.25, -0.2) is 9.97 Å². The van der Waals surface area contributed by atoms with Crippen molar-refractivity contribution >= 4 is 29.0 Å². The van der Waals surface area contributed by atoms with Crippen molar-refractivity contribution in [2.24, 2.45) is 0 Å². The molecule has 0 saturated carbocycles. The number of aryl methyl sites for hydroxylation is 2. The summed E-state index contributed by atoms with van der Waals surface area (Å²) in [5.74, 6) is 1.45. The number of amides is 1. The van der Waals surface area contributed by atoms with Crippen LogP contribution in [0.1, 0.15) is 27.4 Å². The summed E-state index contributed by atoms with van der Waals surface area (Å²) in [5, 5.41) is 6.70. The monoisotopic (exact) mass is 396 g/mol. The molecule has 2 N–H and O–H groups in total. The van der Waals surface area contributed by atoms with E-state index in [0.717, 1.165) is 22.6 Å². The number of rotatable bonds is 6. The van der Waals surface area contributed by atoms with Crippen molar-refractivity contribution in [3.05, 3.63) is 76.2 Å². The van der Waals surface area contributed by atoms with Crippen molar-refractivity contribution in [2.45, 2.75) is 20.4 Å². The molecule has 1 heterocycles. The lowest BCUT2D eigenvalue weighted by atomic mass is 10.2. The Morgan fingerprint density at radius 1 is 1.11 bits per heavy atom. The Morgan fingerprint density at radius 3 is 2.68 bits per heavy atom. The first-order valence-electron chi connectivity index (χ1n) is 8.75. The standard InChI is InChI=1S/C21H21ClN4O2/c1-13-8-9-16(22)10-17(13)26-20-11-18(24-14(2)25-20)21(27)23-12-15-6-4-5-7-19(15)28-3/h4-11H,12H2,1-3H3,(H,23,27)(H,24,25,26). The first kappa shape index (κ1) is 19.6. The zero-order valence-corrected chi connectivity index (χ0v) is 16.7. The maximum absolute atomic E-state index is 12.6. The van der Waals surface area contributed by atoms with Crippen LogP contribution in [0, 0.1) is 13.8 Å². The van der Waals surface area contributed by atoms with E-state index in [4.69, 9.17) is 16.3 Å². The molecule has 0 aliphatic heterocycles. The molecule has 0 bridgehead atoms. The minimum atomic E-state index is -0.290. The predicted octanol–water partition coefficient (Wildman–Crippen LogP) is 4.43. The third kappa shape index (κ3) is 4.78. The van der Waals surface area contributed by atoms with Gasteiger partial charge in [0.05, 0.1) is 7.11 Å². The summed E-state index contributed by atoms with van der Waals surface area (Å²) in [5.41, 5.74) is 3.01. The fourth-order valence-corrected chi connectivity index (χ4v) is 2.90. The summed E-state index contributed by atoms with van der Waals surface area (Å²) in [6.45, 7) is 4.04. The highest BCUT2D eigenvalue weighted by Gasteiger charge is 2.12. The van der Waals surface area contributed by atoms with E-state index in [2.05, 4.69) is 20.6 Å². The topological polar surface area (TPSA) is 76.1 Å². The Balaban J connectivity index is 1.77. The van der Waals surface area contributed by atoms with Gasteiger partial charge in [-0.05, 0) is 37.6 Å². The van der Waals surface area contributed by atoms with E-state index >= 15 is 0 Å². The van der Waals surface area contributed by atoms with Crippen molar-refractivity contribution in [2.75, 3.05) is 12.4 Å². The Bertz CT molecular complexity index is 1010. The molecule has 6 nitrogen and oxygen atoms in total. The summed E-state index contributed by atoms with van der Waals surface area (Å²) >= 11 is 6.07. The largest absolute Gasteiger partial charge is 0.496 e. The number of hydrogen-bond acceptors (Lipinski definition) is 5. The maximum atomic E-state index is 12.6. The van der Waals surface area contributed by atoms with Gasteiger partial charge in [0.2, 0.25) is 0 Å². The number of para-hydroxylation sites is 1. The SMILES string of the molecule is COc1ccccc1CNC(=O)c1cc(Nc2cc(Cl)ccc2C)nc(C)n1. The molecule has 0 fully saturated rings. The van der Waals surface area contributed by atoms with Crippen LogP contribution in [-0.2, 0) is 6.54 Å². The second-order valence-corrected chi connectivity index (χ2v) is 6.70. The third-order valence-corrected chi connectivity index (χ3v) is 4.40. The van der Waals surface area contributed by atoms with Crippen molar-refractivity contribution in [3.8, 4) is 5.75 Å². The maximum Gasteiger partial charge on any atom is 0.270 e. The lowest BCUT2D eigenvalue weighted by Gasteiger charge is -2.12. The average Bonchev–Trinajstić information content (AvgIpc) is 2.68. The number of methoxy groups -OCH3 is 1. The number of nitrogens with one attached hydrogen (secondary N) is 2. The molecule has 3 rings (SSSR count). The molecule has 0 aliphatic carbocycles. The molecule has 28 heavy (non-hydrogen) atoms. The van der Waals surface area contributed by atoms with Crippen LogP contribution in [-0.4, -0.2) is 23.0 Å². The van der Waals surface area contributed by atoms with E-state index in [0.29, 0.717) is 23.2 Å². The van der Waals surface area contributed by atoms with Crippen LogP contribution in [0.2, 0.25) is 5.02 Å². The van der Waals surface area contributed by atoms with Gasteiger partial charge in [-0.2, -0.15) is 0 Å². The lowest BCUT2D eigenvalue weighted by molar-refractivity contribution is 0.0945. The van der Waals surface area contributed by atoms with Crippen molar-refractivity contribution in [1.29, 1.82) is 0 Å². The van der Waals surface area contributed by atoms with Crippen LogP contribution in [0.3, 0.4) is 0 Å². The van der Waals surface area contributed by atoms with Gasteiger partial charge in [0.25, 0.3) is 5.91 Å². The fraction of sp³-hybridized carbons (Fsp3) is 0.190. The van der Waals surface area contributed by atoms with E-state index in [1.165, 1.54) is 0 Å². The molecule has 3 aromatic rings. The highest BCUT2D eigenvalue weighted by atomic mass is 35.5. The molecule has 7 heteroatoms. The van der Waals surface area contributed by atoms with E-state index in [1.54, 1.807) is 20.1 Å². The number of anilines is 2. The molecule has 144 valence electrons. The second kappa shape index (κ2) is 8.71. The van der Waals surface area contributed by atoms with Crippen molar-refractivity contribution in [3.63, 3.8) is 0 Å². The Hall–Kier alpha value is -3.12. The summed E-state index contributed by atoms with van der Waals surface area (Å²) in [4.78, 5) is 21.2. The molecular formula is C21H21ClN4O2. The number of carbonyl (C=O) groups excluding carboxylic acids is 1. The molecule has 0 atom stereocenters. The number of hydrogen-bond donors (Lipinski definition) is 2. The normalized spacial score (nSPS) is 10.4. The highest BCUT2D eigenvalue weighted by molar-refractivity contribution is 6.30. The van der Waals surface area contributed by atoms with Gasteiger partial charge in [0, 0.05) is 28.9 Å². The molecule has 0 unspecified atom stereocenters. The minimum absolute atomic E-state index is 0.282. The van der Waals surface area contributed by atoms with Crippen LogP contribution in [0.5, 0.6) is 5.75 Å². The van der Waals surface area contributed by atoms with Gasteiger partial charge in [0.15, 0.2) is 0 Å². The van der Waals surface area contributed by atoms with E-state index in [-0.39, 0.29) is 11.6 Å². The Labute approximate surface area is 168 Å². The van der Waals surface area contributed by atoms with Gasteiger partial charge < -0.3 is 15.4 Å². The number of benzene rings is 2. The second-order valence-electron chi connectivity index (χ2n) is 6.26. The first-order chi connectivity index (χ1) is 13.5. The Kier molecular flexibility index (Phi) is 6.11. The van der Waals surface area contributed by atoms with Crippen LogP contribution < -0.4 is 15.4 Å². The van der Waals surface area contributed by atoms with Crippen LogP contribution in [0.25, 0.3) is 0 Å². The summed E-state index contributed by atoms with van der Waals surface area (Å²) < 4.78 is 5.31. The molecular weight excluding hydrogens is 376 g/mol. The predicted molar refractivity (Wildman–Crippen MR) is 110 cm³/mol. The van der Waals surface area contributed by atoms with Crippen LogP contribution in [0.4, 0.5) is 11.5 Å². The van der Waals surface area contributed by atoms with Crippen molar-refractivity contribution in [1.82, 2.24) is 15.3 Å². The minimum Gasteiger partial charge on any atom is -0.496 e. The average molecular weight is 397 g/mol. The van der Waals surface area contributed by atoms with Crippen LogP contribution >= 0.6 is 11.6 Å². The number of carbonyl (C=O) groups is 1. The number of ether oxygens (including phenoxy) is 1. The quantitative estimate of drug-likeness (QED) is 0.644. The molecule has 0 radical (unpaired) electrons. The van der Waals surface area contributed by atoms with Crippen LogP contribution in [0.15, 0.2) is 48.5 Å². The summed E-state index contributed by atoms with van der Waals surface area (Å²) in [7, 11) is 1.60. The fourth-order valence-electron chi connectivity index (χ4n) is 2.73. The van der Waals surface area contributed by atoms with Gasteiger partial charge in [-0.3, -0.25) is 4.79 Å². The Morgan fingerprint density at radius 2 is 1.89 bits per heavy atom. The molecule has 1 amide bonds. The van der Waals surface area contributed by atoms with E-state index in [1.807, 2.05) is 49.4 Å². The van der Waals surface area contributed by atoms with Gasteiger partial charge in [0.1, 0.15) is 23.1 Å². The third-order valence-electron chi connectivity index (χ3n) is 4.16.